The van der Waals surface area contributed by atoms with E-state index in [9.17, 15) is 48.3 Å². The van der Waals surface area contributed by atoms with Gasteiger partial charge in [0, 0.05) is 26.2 Å². The lowest BCUT2D eigenvalue weighted by Gasteiger charge is -2.34. The molecule has 0 spiro atoms. The summed E-state index contributed by atoms with van der Waals surface area (Å²) in [5.41, 5.74) is -2.76. The maximum Gasteiger partial charge on any atom is 0.317 e. The number of carboxylic acid groups (broad SMARTS) is 1. The minimum atomic E-state index is -1.38. The molecule has 0 aliphatic heterocycles. The van der Waals surface area contributed by atoms with Gasteiger partial charge in [-0.1, -0.05) is 0 Å². The maximum absolute atomic E-state index is 13.5. The molecule has 5 N–H and O–H groups in total. The average molecular weight is 1080 g/mol. The number of amides is 2. The quantitative estimate of drug-likeness (QED) is 0.0279. The van der Waals surface area contributed by atoms with Crippen molar-refractivity contribution in [1.29, 1.82) is 0 Å². The number of hydrogen-bond donors (Lipinski definition) is 5. The Labute approximate surface area is 439 Å². The first-order valence-electron chi connectivity index (χ1n) is 25.4. The van der Waals surface area contributed by atoms with E-state index in [0.29, 0.717) is 0 Å². The van der Waals surface area contributed by atoms with Crippen LogP contribution in [0.5, 0.6) is 0 Å². The molecule has 0 atom stereocenters. The van der Waals surface area contributed by atoms with Gasteiger partial charge in [0.25, 0.3) is 0 Å². The number of ether oxygens (including phenoxy) is 12. The third-order valence-electron chi connectivity index (χ3n) is 9.75. The summed E-state index contributed by atoms with van der Waals surface area (Å²) >= 11 is 0. The summed E-state index contributed by atoms with van der Waals surface area (Å²) in [6, 6.07) is 0. The molecule has 0 aliphatic carbocycles. The topological polar surface area (TPSA) is 336 Å². The molecule has 0 aromatic rings. The van der Waals surface area contributed by atoms with E-state index in [2.05, 4.69) is 21.3 Å². The van der Waals surface area contributed by atoms with Crippen molar-refractivity contribution < 1.29 is 105 Å². The fraction of sp³-hybridized carbons (Fsp3) is 0.812. The van der Waals surface area contributed by atoms with Crippen molar-refractivity contribution in [2.45, 2.75) is 91.1 Å². The molecule has 0 unspecified atom stereocenters. The van der Waals surface area contributed by atoms with Crippen LogP contribution in [0.15, 0.2) is 0 Å². The Bertz CT molecular complexity index is 1400. The van der Waals surface area contributed by atoms with Crippen LogP contribution in [0, 0.1) is 0 Å². The highest BCUT2D eigenvalue weighted by molar-refractivity contribution is 5.79. The summed E-state index contributed by atoms with van der Waals surface area (Å²) in [5, 5.41) is 21.4. The van der Waals surface area contributed by atoms with Crippen molar-refractivity contribution >= 4 is 53.6 Å². The molecule has 0 fully saturated rings. The SMILES string of the molecule is CCOC(=O)CCOCC(COCCC(=O)OCC)(COCCC(=O)OCC)NC(=O)CNCCN(CCNCC(=O)NC(COCCC(=O)OCC)(COCCC(=O)OCC)COCCC(=O)OCC)CC(=O)O. The number of carboxylic acids is 1. The number of nitrogens with zero attached hydrogens (tertiary/aromatic N) is 1. The van der Waals surface area contributed by atoms with Crippen LogP contribution in [-0.2, 0) is 100.0 Å². The van der Waals surface area contributed by atoms with Gasteiger partial charge in [-0.25, -0.2) is 0 Å². The van der Waals surface area contributed by atoms with Gasteiger partial charge in [0.15, 0.2) is 0 Å². The van der Waals surface area contributed by atoms with Gasteiger partial charge >= 0.3 is 41.8 Å². The highest BCUT2D eigenvalue weighted by Crippen LogP contribution is 2.13. The standard InChI is InChI=1S/C48H85N5O22/c1-7-70-41(58)13-23-64-32-47(33-65-24-14-42(59)71-8-2,34-66-25-15-43(60)72-9-3)51-38(54)29-49-19-21-53(31-40(56)57)22-20-50-30-39(55)52-48(35-67-26-16-44(61)73-10-4,36-68-27-17-45(62)74-11-5)37-69-28-18-46(63)75-12-6/h49-50H,7-37H2,1-6H3,(H,51,54)(H,52,55)(H,56,57). The first kappa shape index (κ1) is 69.9. The number of nitrogens with one attached hydrogen (secondary N) is 4. The molecule has 0 bridgehead atoms. The van der Waals surface area contributed by atoms with Gasteiger partial charge in [-0.2, -0.15) is 0 Å². The van der Waals surface area contributed by atoms with Crippen molar-refractivity contribution in [3.05, 3.63) is 0 Å². The predicted molar refractivity (Wildman–Crippen MR) is 264 cm³/mol. The van der Waals surface area contributed by atoms with E-state index in [1.807, 2.05) is 0 Å². The van der Waals surface area contributed by atoms with Crippen LogP contribution in [-0.4, -0.2) is 239 Å². The summed E-state index contributed by atoms with van der Waals surface area (Å²) in [4.78, 5) is 112. The molecule has 0 rings (SSSR count). The van der Waals surface area contributed by atoms with Gasteiger partial charge in [-0.05, 0) is 41.5 Å². The Morgan fingerprint density at radius 2 is 0.613 bits per heavy atom. The van der Waals surface area contributed by atoms with Crippen LogP contribution in [0.4, 0.5) is 0 Å². The lowest BCUT2D eigenvalue weighted by molar-refractivity contribution is -0.147. The van der Waals surface area contributed by atoms with Gasteiger partial charge in [-0.3, -0.25) is 48.1 Å². The van der Waals surface area contributed by atoms with Gasteiger partial charge < -0.3 is 83.2 Å². The summed E-state index contributed by atoms with van der Waals surface area (Å²) in [6.07, 6.45) is -0.463. The van der Waals surface area contributed by atoms with E-state index in [4.69, 9.17) is 56.8 Å². The molecular weight excluding hydrogens is 999 g/mol. The highest BCUT2D eigenvalue weighted by Gasteiger charge is 2.35. The highest BCUT2D eigenvalue weighted by atomic mass is 16.6. The van der Waals surface area contributed by atoms with Crippen LogP contribution in [0.2, 0.25) is 0 Å². The summed E-state index contributed by atoms with van der Waals surface area (Å²) in [6.45, 7) is 9.07. The fourth-order valence-electron chi connectivity index (χ4n) is 6.42. The van der Waals surface area contributed by atoms with Crippen molar-refractivity contribution in [3.8, 4) is 0 Å². The van der Waals surface area contributed by atoms with E-state index in [1.54, 1.807) is 46.4 Å². The van der Waals surface area contributed by atoms with E-state index < -0.39 is 64.7 Å². The summed E-state index contributed by atoms with van der Waals surface area (Å²) in [5.74, 6) is -5.15. The Morgan fingerprint density at radius 1 is 0.387 bits per heavy atom. The van der Waals surface area contributed by atoms with Gasteiger partial charge in [0.05, 0.1) is 177 Å². The van der Waals surface area contributed by atoms with Crippen molar-refractivity contribution in [2.24, 2.45) is 0 Å². The predicted octanol–water partition coefficient (Wildman–Crippen LogP) is -0.919. The van der Waals surface area contributed by atoms with Crippen LogP contribution in [0.25, 0.3) is 0 Å². The number of rotatable bonds is 50. The minimum Gasteiger partial charge on any atom is -0.480 e. The molecule has 0 saturated carbocycles. The molecule has 0 aromatic heterocycles. The molecular formula is C48H85N5O22. The molecule has 0 radical (unpaired) electrons. The second-order valence-electron chi connectivity index (χ2n) is 16.3. The Kier molecular flexibility index (Phi) is 42.0. The number of carbonyl (C=O) groups is 9. The Hall–Kier alpha value is -5.13. The van der Waals surface area contributed by atoms with Gasteiger partial charge in [0.2, 0.25) is 11.8 Å². The first-order chi connectivity index (χ1) is 36.0. The molecule has 27 heteroatoms. The second-order valence-corrected chi connectivity index (χ2v) is 16.3. The number of carbonyl (C=O) groups excluding carboxylic acids is 8. The molecule has 434 valence electrons. The Balaban J connectivity index is 5.90. The minimum absolute atomic E-state index is 0.0710. The first-order valence-corrected chi connectivity index (χ1v) is 25.4. The lowest BCUT2D eigenvalue weighted by atomic mass is 10.0. The fourth-order valence-corrected chi connectivity index (χ4v) is 6.42. The molecule has 27 nitrogen and oxygen atoms in total. The average Bonchev–Trinajstić information content (AvgIpc) is 3.35. The third-order valence-corrected chi connectivity index (χ3v) is 9.75. The third kappa shape index (κ3) is 39.0. The number of esters is 6. The molecule has 2 amide bonds. The monoisotopic (exact) mass is 1080 g/mol. The van der Waals surface area contributed by atoms with E-state index >= 15 is 0 Å². The second kappa shape index (κ2) is 45.1. The van der Waals surface area contributed by atoms with Crippen molar-refractivity contribution in [2.75, 3.05) is 165 Å². The lowest BCUT2D eigenvalue weighted by Crippen LogP contribution is -2.60. The molecule has 0 aromatic carbocycles. The van der Waals surface area contributed by atoms with E-state index in [0.717, 1.165) is 0 Å². The van der Waals surface area contributed by atoms with E-state index in [-0.39, 0.29) is 203 Å². The van der Waals surface area contributed by atoms with Crippen LogP contribution >= 0.6 is 0 Å². The largest absolute Gasteiger partial charge is 0.480 e. The summed E-state index contributed by atoms with van der Waals surface area (Å²) < 4.78 is 64.6. The number of aliphatic carboxylic acids is 1. The van der Waals surface area contributed by atoms with E-state index in [1.165, 1.54) is 0 Å². The van der Waals surface area contributed by atoms with Crippen molar-refractivity contribution in [1.82, 2.24) is 26.2 Å². The van der Waals surface area contributed by atoms with Crippen LogP contribution in [0.1, 0.15) is 80.1 Å². The Morgan fingerprint density at radius 3 is 0.813 bits per heavy atom. The molecule has 0 heterocycles. The van der Waals surface area contributed by atoms with Crippen LogP contribution < -0.4 is 21.3 Å². The summed E-state index contributed by atoms with van der Waals surface area (Å²) in [7, 11) is 0. The zero-order valence-corrected chi connectivity index (χ0v) is 44.9. The smallest absolute Gasteiger partial charge is 0.317 e. The van der Waals surface area contributed by atoms with Crippen molar-refractivity contribution in [3.63, 3.8) is 0 Å². The maximum atomic E-state index is 13.5. The molecule has 75 heavy (non-hydrogen) atoms. The molecule has 0 aliphatic rings. The van der Waals surface area contributed by atoms with Gasteiger partial charge in [0.1, 0.15) is 11.1 Å². The zero-order chi connectivity index (χ0) is 56.0. The zero-order valence-electron chi connectivity index (χ0n) is 44.9. The normalized spacial score (nSPS) is 11.4. The number of hydrogen-bond acceptors (Lipinski definition) is 24. The van der Waals surface area contributed by atoms with Gasteiger partial charge in [-0.15, -0.1) is 0 Å². The molecule has 0 saturated heterocycles. The van der Waals surface area contributed by atoms with Crippen LogP contribution in [0.3, 0.4) is 0 Å².